The summed E-state index contributed by atoms with van der Waals surface area (Å²) >= 11 is 0. The van der Waals surface area contributed by atoms with E-state index >= 15 is 0 Å². The number of aliphatic imine (C=N–C) groups is 1. The van der Waals surface area contributed by atoms with Crippen molar-refractivity contribution in [3.05, 3.63) is 29.6 Å². The molecule has 1 heterocycles. The van der Waals surface area contributed by atoms with E-state index in [9.17, 15) is 4.79 Å². The summed E-state index contributed by atoms with van der Waals surface area (Å²) in [6.07, 6.45) is 4.10. The van der Waals surface area contributed by atoms with Gasteiger partial charge in [0, 0.05) is 33.4 Å². The SMILES string of the molecule is CN=C(NCc1cccc(C)n1)NCC1(C(=O)N(C)C)CCCC1.I. The molecule has 1 fully saturated rings. The van der Waals surface area contributed by atoms with E-state index in [0.29, 0.717) is 19.0 Å². The van der Waals surface area contributed by atoms with Crippen LogP contribution in [0.3, 0.4) is 0 Å². The summed E-state index contributed by atoms with van der Waals surface area (Å²) in [5.74, 6) is 0.916. The normalized spacial score (nSPS) is 16.1. The van der Waals surface area contributed by atoms with E-state index in [1.54, 1.807) is 11.9 Å². The second-order valence-corrected chi connectivity index (χ2v) is 6.74. The maximum Gasteiger partial charge on any atom is 0.230 e. The number of carbonyl (C=O) groups excluding carboxylic acids is 1. The molecule has 0 unspecified atom stereocenters. The first-order chi connectivity index (χ1) is 11.5. The maximum absolute atomic E-state index is 12.6. The van der Waals surface area contributed by atoms with Crippen LogP contribution >= 0.6 is 24.0 Å². The first-order valence-electron chi connectivity index (χ1n) is 8.56. The second-order valence-electron chi connectivity index (χ2n) is 6.74. The van der Waals surface area contributed by atoms with Crippen LogP contribution in [0.4, 0.5) is 0 Å². The molecule has 7 heteroatoms. The molecule has 1 aliphatic carbocycles. The van der Waals surface area contributed by atoms with Gasteiger partial charge in [0.15, 0.2) is 5.96 Å². The fourth-order valence-corrected chi connectivity index (χ4v) is 3.34. The summed E-state index contributed by atoms with van der Waals surface area (Å²) in [6, 6.07) is 5.97. The Kier molecular flexibility index (Phi) is 8.61. The number of rotatable bonds is 5. The van der Waals surface area contributed by atoms with Gasteiger partial charge in [0.2, 0.25) is 5.91 Å². The Hall–Kier alpha value is -1.38. The highest BCUT2D eigenvalue weighted by atomic mass is 127. The van der Waals surface area contributed by atoms with E-state index < -0.39 is 0 Å². The Labute approximate surface area is 167 Å². The number of nitrogens with one attached hydrogen (secondary N) is 2. The number of hydrogen-bond donors (Lipinski definition) is 2. The fourth-order valence-electron chi connectivity index (χ4n) is 3.34. The number of aromatic nitrogens is 1. The zero-order valence-electron chi connectivity index (χ0n) is 15.6. The molecule has 1 aromatic heterocycles. The van der Waals surface area contributed by atoms with Gasteiger partial charge in [-0.3, -0.25) is 14.8 Å². The minimum Gasteiger partial charge on any atom is -0.355 e. The average Bonchev–Trinajstić information content (AvgIpc) is 3.04. The third-order valence-electron chi connectivity index (χ3n) is 4.62. The standard InChI is InChI=1S/C18H29N5O.HI/c1-14-8-7-9-15(22-14)12-20-17(19-2)21-13-18(10-5-6-11-18)16(24)23(3)4;/h7-9H,5-6,10-13H2,1-4H3,(H2,19,20,21);1H. The van der Waals surface area contributed by atoms with Crippen LogP contribution in [0.15, 0.2) is 23.2 Å². The zero-order valence-corrected chi connectivity index (χ0v) is 18.0. The van der Waals surface area contributed by atoms with Gasteiger partial charge in [-0.2, -0.15) is 0 Å². The largest absolute Gasteiger partial charge is 0.355 e. The van der Waals surface area contributed by atoms with E-state index in [-0.39, 0.29) is 35.3 Å². The maximum atomic E-state index is 12.6. The Morgan fingerprint density at radius 2 is 1.96 bits per heavy atom. The molecule has 0 aliphatic heterocycles. The summed E-state index contributed by atoms with van der Waals surface area (Å²) in [4.78, 5) is 23.0. The molecule has 25 heavy (non-hydrogen) atoms. The molecule has 0 radical (unpaired) electrons. The van der Waals surface area contributed by atoms with Gasteiger partial charge >= 0.3 is 0 Å². The smallest absolute Gasteiger partial charge is 0.230 e. The molecule has 2 rings (SSSR count). The van der Waals surface area contributed by atoms with Crippen LogP contribution in [0.2, 0.25) is 0 Å². The number of halogens is 1. The van der Waals surface area contributed by atoms with Crippen molar-refractivity contribution in [3.8, 4) is 0 Å². The molecule has 6 nitrogen and oxygen atoms in total. The fraction of sp³-hybridized carbons (Fsp3) is 0.611. The lowest BCUT2D eigenvalue weighted by molar-refractivity contribution is -0.138. The van der Waals surface area contributed by atoms with E-state index in [0.717, 1.165) is 37.1 Å². The van der Waals surface area contributed by atoms with Gasteiger partial charge in [-0.05, 0) is 31.9 Å². The van der Waals surface area contributed by atoms with Gasteiger partial charge in [0.05, 0.1) is 17.7 Å². The number of guanidine groups is 1. The van der Waals surface area contributed by atoms with Crippen LogP contribution < -0.4 is 10.6 Å². The number of aryl methyl sites for hydroxylation is 1. The molecule has 0 bridgehead atoms. The third kappa shape index (κ3) is 5.83. The zero-order chi connectivity index (χ0) is 17.6. The molecule has 1 aromatic rings. The highest BCUT2D eigenvalue weighted by molar-refractivity contribution is 14.0. The highest BCUT2D eigenvalue weighted by Crippen LogP contribution is 2.38. The molecule has 0 aromatic carbocycles. The van der Waals surface area contributed by atoms with E-state index in [1.807, 2.05) is 39.2 Å². The second kappa shape index (κ2) is 9.94. The van der Waals surface area contributed by atoms with E-state index in [2.05, 4.69) is 20.6 Å². The Balaban J connectivity index is 0.00000312. The number of pyridine rings is 1. The van der Waals surface area contributed by atoms with Crippen LogP contribution in [-0.4, -0.2) is 49.4 Å². The van der Waals surface area contributed by atoms with Gasteiger partial charge in [-0.1, -0.05) is 18.9 Å². The minimum absolute atomic E-state index is 0. The molecule has 0 atom stereocenters. The summed E-state index contributed by atoms with van der Waals surface area (Å²) in [5.41, 5.74) is 1.67. The van der Waals surface area contributed by atoms with Crippen molar-refractivity contribution in [2.45, 2.75) is 39.2 Å². The summed E-state index contributed by atoms with van der Waals surface area (Å²) in [7, 11) is 5.41. The molecular formula is C18H30IN5O. The summed E-state index contributed by atoms with van der Waals surface area (Å²) in [5, 5.41) is 6.61. The predicted octanol–water partition coefficient (Wildman–Crippen LogP) is 2.32. The third-order valence-corrected chi connectivity index (χ3v) is 4.62. The lowest BCUT2D eigenvalue weighted by Crippen LogP contribution is -2.49. The molecule has 1 saturated carbocycles. The van der Waals surface area contributed by atoms with Crippen molar-refractivity contribution in [1.82, 2.24) is 20.5 Å². The molecule has 2 N–H and O–H groups in total. The van der Waals surface area contributed by atoms with Crippen LogP contribution in [0.1, 0.15) is 37.1 Å². The van der Waals surface area contributed by atoms with Crippen molar-refractivity contribution in [2.75, 3.05) is 27.7 Å². The quantitative estimate of drug-likeness (QED) is 0.403. The van der Waals surface area contributed by atoms with Crippen molar-refractivity contribution in [3.63, 3.8) is 0 Å². The number of carbonyl (C=O) groups is 1. The van der Waals surface area contributed by atoms with Crippen molar-refractivity contribution < 1.29 is 4.79 Å². The van der Waals surface area contributed by atoms with Gasteiger partial charge in [0.25, 0.3) is 0 Å². The van der Waals surface area contributed by atoms with Crippen LogP contribution in [0.5, 0.6) is 0 Å². The van der Waals surface area contributed by atoms with Crippen molar-refractivity contribution >= 4 is 35.8 Å². The van der Waals surface area contributed by atoms with Gasteiger partial charge in [0.1, 0.15) is 0 Å². The monoisotopic (exact) mass is 459 g/mol. The number of hydrogen-bond acceptors (Lipinski definition) is 3. The highest BCUT2D eigenvalue weighted by Gasteiger charge is 2.42. The molecule has 0 saturated heterocycles. The molecule has 1 aliphatic rings. The topological polar surface area (TPSA) is 69.6 Å². The average molecular weight is 459 g/mol. The van der Waals surface area contributed by atoms with Crippen LogP contribution in [0, 0.1) is 12.3 Å². The van der Waals surface area contributed by atoms with Gasteiger partial charge < -0.3 is 15.5 Å². The predicted molar refractivity (Wildman–Crippen MR) is 112 cm³/mol. The van der Waals surface area contributed by atoms with E-state index in [1.165, 1.54) is 0 Å². The number of amides is 1. The number of nitrogens with zero attached hydrogens (tertiary/aromatic N) is 3. The summed E-state index contributed by atoms with van der Waals surface area (Å²) < 4.78 is 0. The van der Waals surface area contributed by atoms with Gasteiger partial charge in [-0.25, -0.2) is 0 Å². The first kappa shape index (κ1) is 21.7. The Morgan fingerprint density at radius 1 is 1.28 bits per heavy atom. The van der Waals surface area contributed by atoms with Gasteiger partial charge in [-0.15, -0.1) is 24.0 Å². The lowest BCUT2D eigenvalue weighted by Gasteiger charge is -2.31. The molecule has 140 valence electrons. The van der Waals surface area contributed by atoms with Crippen molar-refractivity contribution in [2.24, 2.45) is 10.4 Å². The molecule has 1 amide bonds. The molecular weight excluding hydrogens is 429 g/mol. The van der Waals surface area contributed by atoms with Crippen LogP contribution in [0.25, 0.3) is 0 Å². The van der Waals surface area contributed by atoms with Crippen molar-refractivity contribution in [1.29, 1.82) is 0 Å². The summed E-state index contributed by atoms with van der Waals surface area (Å²) in [6.45, 7) is 3.20. The first-order valence-corrected chi connectivity index (χ1v) is 8.56. The van der Waals surface area contributed by atoms with Crippen LogP contribution in [-0.2, 0) is 11.3 Å². The Morgan fingerprint density at radius 3 is 2.52 bits per heavy atom. The van der Waals surface area contributed by atoms with E-state index in [4.69, 9.17) is 0 Å². The lowest BCUT2D eigenvalue weighted by atomic mass is 9.84. The minimum atomic E-state index is -0.303. The Bertz CT molecular complexity index is 597. The molecule has 0 spiro atoms.